The Morgan fingerprint density at radius 2 is 1.93 bits per heavy atom. The van der Waals surface area contributed by atoms with Gasteiger partial charge >= 0.3 is 5.97 Å². The third-order valence-electron chi connectivity index (χ3n) is 4.73. The van der Waals surface area contributed by atoms with E-state index in [0.717, 1.165) is 11.1 Å². The van der Waals surface area contributed by atoms with Gasteiger partial charge in [0.2, 0.25) is 0 Å². The lowest BCUT2D eigenvalue weighted by Gasteiger charge is -2.14. The summed E-state index contributed by atoms with van der Waals surface area (Å²) >= 11 is 0. The molecule has 29 heavy (non-hydrogen) atoms. The molecule has 0 aliphatic rings. The van der Waals surface area contributed by atoms with Crippen molar-refractivity contribution in [2.24, 2.45) is 0 Å². The highest BCUT2D eigenvalue weighted by Crippen LogP contribution is 2.13. The number of nitrogens with one attached hydrogen (secondary N) is 1. The fourth-order valence-corrected chi connectivity index (χ4v) is 3.33. The topological polar surface area (TPSA) is 89.4 Å². The standard InChI is InChI=1S/C22H20N4O3/c1-3-29-22(28)16-11-17-20(24-18-10-9-14(2)12-25(18)21(17)27)26(19(16)23)13-15-7-5-4-6-8-15/h4-12,23H,3,13H2,1-2H3. The molecule has 0 radical (unpaired) electrons. The molecule has 7 nitrogen and oxygen atoms in total. The molecule has 0 bridgehead atoms. The Morgan fingerprint density at radius 1 is 1.17 bits per heavy atom. The predicted molar refractivity (Wildman–Crippen MR) is 109 cm³/mol. The zero-order valence-corrected chi connectivity index (χ0v) is 16.2. The summed E-state index contributed by atoms with van der Waals surface area (Å²) in [7, 11) is 0. The first-order chi connectivity index (χ1) is 14.0. The lowest BCUT2D eigenvalue weighted by molar-refractivity contribution is 0.0523. The van der Waals surface area contributed by atoms with Gasteiger partial charge in [-0.2, -0.15) is 0 Å². The zero-order valence-electron chi connectivity index (χ0n) is 16.2. The van der Waals surface area contributed by atoms with Crippen LogP contribution < -0.4 is 11.0 Å². The molecule has 1 aromatic carbocycles. The van der Waals surface area contributed by atoms with Gasteiger partial charge < -0.3 is 9.30 Å². The van der Waals surface area contributed by atoms with Gasteiger partial charge in [-0.1, -0.05) is 36.4 Å². The molecule has 1 N–H and O–H groups in total. The second kappa shape index (κ2) is 7.35. The van der Waals surface area contributed by atoms with Crippen LogP contribution in [0.3, 0.4) is 0 Å². The third-order valence-corrected chi connectivity index (χ3v) is 4.73. The van der Waals surface area contributed by atoms with Crippen molar-refractivity contribution in [1.82, 2.24) is 14.0 Å². The molecule has 3 aromatic heterocycles. The average molecular weight is 388 g/mol. The summed E-state index contributed by atoms with van der Waals surface area (Å²) in [6, 6.07) is 14.6. The molecule has 0 amide bonds. The molecule has 3 heterocycles. The van der Waals surface area contributed by atoms with E-state index in [-0.39, 0.29) is 28.6 Å². The van der Waals surface area contributed by atoms with Crippen molar-refractivity contribution in [1.29, 1.82) is 5.41 Å². The maximum Gasteiger partial charge on any atom is 0.341 e. The lowest BCUT2D eigenvalue weighted by atomic mass is 10.1. The number of hydrogen-bond donors (Lipinski definition) is 1. The number of benzene rings is 1. The first-order valence-corrected chi connectivity index (χ1v) is 9.32. The number of pyridine rings is 2. The number of nitrogens with zero attached hydrogens (tertiary/aromatic N) is 3. The molecule has 0 fully saturated rings. The summed E-state index contributed by atoms with van der Waals surface area (Å²) < 4.78 is 8.15. The maximum absolute atomic E-state index is 13.2. The van der Waals surface area contributed by atoms with E-state index in [0.29, 0.717) is 17.8 Å². The highest BCUT2D eigenvalue weighted by molar-refractivity contribution is 5.93. The van der Waals surface area contributed by atoms with Crippen LogP contribution in [0.15, 0.2) is 59.5 Å². The van der Waals surface area contributed by atoms with Crippen molar-refractivity contribution in [2.45, 2.75) is 20.4 Å². The number of fused-ring (bicyclic) bond motifs is 2. The number of aromatic nitrogens is 3. The van der Waals surface area contributed by atoms with E-state index >= 15 is 0 Å². The van der Waals surface area contributed by atoms with E-state index in [2.05, 4.69) is 4.98 Å². The van der Waals surface area contributed by atoms with Crippen LogP contribution in [0.2, 0.25) is 0 Å². The SMILES string of the molecule is CCOC(=O)c1cc2c(=O)n3cc(C)ccc3nc2n(Cc2ccccc2)c1=N. The minimum absolute atomic E-state index is 0.0387. The van der Waals surface area contributed by atoms with E-state index in [1.54, 1.807) is 23.8 Å². The van der Waals surface area contributed by atoms with Gasteiger partial charge in [-0.3, -0.25) is 14.6 Å². The second-order valence-corrected chi connectivity index (χ2v) is 6.79. The van der Waals surface area contributed by atoms with Crippen LogP contribution in [0.5, 0.6) is 0 Å². The molecule has 7 heteroatoms. The molecular weight excluding hydrogens is 368 g/mol. The van der Waals surface area contributed by atoms with Crippen molar-refractivity contribution >= 4 is 22.6 Å². The van der Waals surface area contributed by atoms with Gasteiger partial charge in [0.25, 0.3) is 5.56 Å². The Bertz CT molecular complexity index is 1350. The summed E-state index contributed by atoms with van der Waals surface area (Å²) in [5.41, 5.74) is 2.41. The quantitative estimate of drug-likeness (QED) is 0.430. The summed E-state index contributed by atoms with van der Waals surface area (Å²) in [5.74, 6) is -0.630. The number of esters is 1. The first-order valence-electron chi connectivity index (χ1n) is 9.32. The van der Waals surface area contributed by atoms with Gasteiger partial charge in [-0.25, -0.2) is 9.78 Å². The molecule has 0 saturated heterocycles. The van der Waals surface area contributed by atoms with Crippen LogP contribution in [0.4, 0.5) is 0 Å². The predicted octanol–water partition coefficient (Wildman–Crippen LogP) is 2.66. The van der Waals surface area contributed by atoms with Crippen LogP contribution in [-0.4, -0.2) is 26.5 Å². The number of aryl methyl sites for hydroxylation is 1. The first kappa shape index (κ1) is 18.6. The molecular formula is C22H20N4O3. The van der Waals surface area contributed by atoms with Crippen LogP contribution in [0, 0.1) is 12.3 Å². The minimum atomic E-state index is -0.630. The average Bonchev–Trinajstić information content (AvgIpc) is 2.72. The summed E-state index contributed by atoms with van der Waals surface area (Å²) in [4.78, 5) is 30.3. The van der Waals surface area contributed by atoms with Crippen molar-refractivity contribution in [2.75, 3.05) is 6.61 Å². The van der Waals surface area contributed by atoms with Crippen molar-refractivity contribution in [3.63, 3.8) is 0 Å². The molecule has 146 valence electrons. The monoisotopic (exact) mass is 388 g/mol. The summed E-state index contributed by atoms with van der Waals surface area (Å²) in [6.07, 6.45) is 1.71. The van der Waals surface area contributed by atoms with Gasteiger partial charge in [0.15, 0.2) is 0 Å². The summed E-state index contributed by atoms with van der Waals surface area (Å²) in [5, 5.41) is 8.88. The van der Waals surface area contributed by atoms with E-state index in [9.17, 15) is 9.59 Å². The van der Waals surface area contributed by atoms with Gasteiger partial charge in [-0.05, 0) is 37.1 Å². The van der Waals surface area contributed by atoms with Crippen molar-refractivity contribution < 1.29 is 9.53 Å². The highest BCUT2D eigenvalue weighted by atomic mass is 16.5. The minimum Gasteiger partial charge on any atom is -0.462 e. The maximum atomic E-state index is 13.2. The molecule has 0 atom stereocenters. The Morgan fingerprint density at radius 3 is 2.66 bits per heavy atom. The number of hydrogen-bond acceptors (Lipinski definition) is 5. The van der Waals surface area contributed by atoms with Crippen LogP contribution in [-0.2, 0) is 11.3 Å². The zero-order chi connectivity index (χ0) is 20.5. The van der Waals surface area contributed by atoms with E-state index in [1.807, 2.05) is 43.3 Å². The van der Waals surface area contributed by atoms with E-state index in [1.165, 1.54) is 10.5 Å². The van der Waals surface area contributed by atoms with Gasteiger partial charge in [-0.15, -0.1) is 0 Å². The molecule has 0 aliphatic heterocycles. The molecule has 4 rings (SSSR count). The number of ether oxygens (including phenoxy) is 1. The highest BCUT2D eigenvalue weighted by Gasteiger charge is 2.18. The van der Waals surface area contributed by atoms with Gasteiger partial charge in [0.05, 0.1) is 18.5 Å². The summed E-state index contributed by atoms with van der Waals surface area (Å²) in [6.45, 7) is 4.08. The van der Waals surface area contributed by atoms with Crippen LogP contribution in [0.25, 0.3) is 16.7 Å². The Balaban J connectivity index is 2.09. The molecule has 0 saturated carbocycles. The number of carbonyl (C=O) groups excluding carboxylic acids is 1. The van der Waals surface area contributed by atoms with E-state index < -0.39 is 5.97 Å². The Kier molecular flexibility index (Phi) is 4.72. The Labute approximate surface area is 166 Å². The molecule has 0 unspecified atom stereocenters. The number of carbonyl (C=O) groups is 1. The largest absolute Gasteiger partial charge is 0.462 e. The van der Waals surface area contributed by atoms with Gasteiger partial charge in [0.1, 0.15) is 22.3 Å². The second-order valence-electron chi connectivity index (χ2n) is 6.79. The van der Waals surface area contributed by atoms with Crippen LogP contribution >= 0.6 is 0 Å². The van der Waals surface area contributed by atoms with Gasteiger partial charge in [0, 0.05) is 6.20 Å². The third kappa shape index (κ3) is 3.31. The number of rotatable bonds is 4. The fourth-order valence-electron chi connectivity index (χ4n) is 3.33. The molecule has 0 aliphatic carbocycles. The fraction of sp³-hybridized carbons (Fsp3) is 0.182. The molecule has 4 aromatic rings. The normalized spacial score (nSPS) is 11.1. The molecule has 0 spiro atoms. The van der Waals surface area contributed by atoms with Crippen molar-refractivity contribution in [3.8, 4) is 0 Å². The van der Waals surface area contributed by atoms with Crippen molar-refractivity contribution in [3.05, 3.63) is 87.3 Å². The lowest BCUT2D eigenvalue weighted by Crippen LogP contribution is -2.31. The smallest absolute Gasteiger partial charge is 0.341 e. The van der Waals surface area contributed by atoms with E-state index in [4.69, 9.17) is 10.1 Å². The Hall–Kier alpha value is -3.74. The van der Waals surface area contributed by atoms with Crippen LogP contribution in [0.1, 0.15) is 28.4 Å².